The van der Waals surface area contributed by atoms with E-state index < -0.39 is 0 Å². The van der Waals surface area contributed by atoms with Gasteiger partial charge in [-0.15, -0.1) is 0 Å². The fraction of sp³-hybridized carbons (Fsp3) is 0. The first-order valence-electron chi connectivity index (χ1n) is 0. The Morgan fingerprint density at radius 1 is 0.308 bits per heavy atom. The fourth-order valence-corrected chi connectivity index (χ4v) is 0. The Balaban J connectivity index is 0. The summed E-state index contributed by atoms with van der Waals surface area (Å²) < 4.78 is 0. The van der Waals surface area contributed by atoms with Crippen molar-refractivity contribution in [3.8, 4) is 0 Å². The van der Waals surface area contributed by atoms with Gasteiger partial charge in [0.25, 0.3) is 0 Å². The van der Waals surface area contributed by atoms with E-state index in [1.807, 2.05) is 0 Å². The van der Waals surface area contributed by atoms with Crippen molar-refractivity contribution in [3.05, 3.63) is 0 Å². The molecule has 0 amide bonds. The maximum absolute atomic E-state index is 0. The molecule has 0 aromatic carbocycles. The second-order valence-corrected chi connectivity index (χ2v) is 0. The van der Waals surface area contributed by atoms with Crippen LogP contribution in [-0.2, 0) is 125 Å². The summed E-state index contributed by atoms with van der Waals surface area (Å²) in [6, 6.07) is 0. The smallest absolute Gasteiger partial charge is 2.00 e. The standard InChI is InChI=1S/2Cu.2K.7O.2Zr/q2*+2;2*+1;7*-2;2*+4. The van der Waals surface area contributed by atoms with Gasteiger partial charge < -0.3 is 38.3 Å². The third kappa shape index (κ3) is 132. The van der Waals surface area contributed by atoms with Gasteiger partial charge >= 0.3 is 189 Å². The zero-order chi connectivity index (χ0) is 0. The van der Waals surface area contributed by atoms with E-state index >= 15 is 0 Å². The monoisotopic (exact) mass is 496 g/mol. The normalized spacial score (nSPS) is 0. The van der Waals surface area contributed by atoms with E-state index in [4.69, 9.17) is 0 Å². The fourth-order valence-electron chi connectivity index (χ4n) is 0. The van der Waals surface area contributed by atoms with Crippen molar-refractivity contribution in [1.29, 1.82) is 0 Å². The average molecular weight is 500 g/mol. The Morgan fingerprint density at radius 3 is 0.308 bits per heavy atom. The number of rotatable bonds is 0. The summed E-state index contributed by atoms with van der Waals surface area (Å²) in [6.45, 7) is 0. The first kappa shape index (κ1) is 177. The van der Waals surface area contributed by atoms with Crippen LogP contribution < -0.4 is 103 Å². The van der Waals surface area contributed by atoms with Gasteiger partial charge in [-0.1, -0.05) is 0 Å². The minimum absolute atomic E-state index is 0. The zero-order valence-corrected chi connectivity index (χ0v) is 19.5. The third-order valence-corrected chi connectivity index (χ3v) is 0. The molecule has 0 aliphatic rings. The molecule has 0 rings (SSSR count). The Kier molecular flexibility index (Phi) is 2040. The Labute approximate surface area is 221 Å². The summed E-state index contributed by atoms with van der Waals surface area (Å²) in [5, 5.41) is 0. The molecule has 0 N–H and O–H groups in total. The Hall–Kier alpha value is 5.80. The topological polar surface area (TPSA) is 200 Å². The van der Waals surface area contributed by atoms with Crippen LogP contribution in [-0.4, -0.2) is 0 Å². The van der Waals surface area contributed by atoms with Crippen LogP contribution in [0.3, 0.4) is 0 Å². The molecule has 0 saturated carbocycles. The van der Waals surface area contributed by atoms with E-state index in [0.29, 0.717) is 0 Å². The Bertz CT molecular complexity index is 22.5. The summed E-state index contributed by atoms with van der Waals surface area (Å²) in [4.78, 5) is 0. The first-order valence-corrected chi connectivity index (χ1v) is 0. The van der Waals surface area contributed by atoms with Gasteiger partial charge in [0, 0.05) is 0 Å². The van der Waals surface area contributed by atoms with E-state index in [1.165, 1.54) is 0 Å². The molecule has 13 heavy (non-hydrogen) atoms. The van der Waals surface area contributed by atoms with Gasteiger partial charge in [-0.2, -0.15) is 0 Å². The molecule has 0 heterocycles. The summed E-state index contributed by atoms with van der Waals surface area (Å²) in [7, 11) is 0. The molecule has 0 aliphatic heterocycles. The maximum atomic E-state index is 0. The summed E-state index contributed by atoms with van der Waals surface area (Å²) in [5.74, 6) is 0. The molecule has 0 aromatic heterocycles. The van der Waals surface area contributed by atoms with Crippen LogP contribution in [0.5, 0.6) is 0 Å². The molecule has 0 bridgehead atoms. The molecule has 0 unspecified atom stereocenters. The van der Waals surface area contributed by atoms with Crippen LogP contribution >= 0.6 is 0 Å². The van der Waals surface area contributed by atoms with Crippen molar-refractivity contribution in [2.45, 2.75) is 0 Å². The average Bonchev–Trinajstić information content (AvgIpc) is 0. The molecular weight excluding hydrogens is 500 g/mol. The quantitative estimate of drug-likeness (QED) is 0.285. The van der Waals surface area contributed by atoms with Gasteiger partial charge in [0.1, 0.15) is 0 Å². The van der Waals surface area contributed by atoms with E-state index in [1.54, 1.807) is 0 Å². The van der Waals surface area contributed by atoms with Crippen molar-refractivity contribution in [3.63, 3.8) is 0 Å². The minimum Gasteiger partial charge on any atom is -2.00 e. The van der Waals surface area contributed by atoms with Crippen molar-refractivity contribution < 1.29 is 228 Å². The van der Waals surface area contributed by atoms with Crippen LogP contribution in [0.2, 0.25) is 0 Å². The largest absolute Gasteiger partial charge is 4.00 e. The summed E-state index contributed by atoms with van der Waals surface area (Å²) in [5.41, 5.74) is 0. The molecule has 74 valence electrons. The Morgan fingerprint density at radius 2 is 0.308 bits per heavy atom. The van der Waals surface area contributed by atoms with Gasteiger partial charge in [-0.05, 0) is 0 Å². The number of hydrogen-bond donors (Lipinski definition) is 0. The molecule has 7 nitrogen and oxygen atoms in total. The van der Waals surface area contributed by atoms with Gasteiger partial charge in [-0.3, -0.25) is 0 Å². The van der Waals surface area contributed by atoms with E-state index in [2.05, 4.69) is 0 Å². The second-order valence-electron chi connectivity index (χ2n) is 0. The predicted molar refractivity (Wildman–Crippen MR) is 4.81 cm³/mol. The summed E-state index contributed by atoms with van der Waals surface area (Å²) >= 11 is 0. The van der Waals surface area contributed by atoms with Crippen LogP contribution in [0, 0.1) is 0 Å². The molecule has 13 heteroatoms. The molecule has 2 radical (unpaired) electrons. The first-order chi connectivity index (χ1) is 0. The SMILES string of the molecule is [Cu+2].[Cu+2].[K+].[K+].[O-2].[O-2].[O-2].[O-2].[O-2].[O-2].[O-2].[Zr+4].[Zr+4]. The van der Waals surface area contributed by atoms with Crippen LogP contribution in [0.4, 0.5) is 0 Å². The maximum Gasteiger partial charge on any atom is 4.00 e. The van der Waals surface area contributed by atoms with Gasteiger partial charge in [0.15, 0.2) is 0 Å². The van der Waals surface area contributed by atoms with Crippen LogP contribution in [0.1, 0.15) is 0 Å². The van der Waals surface area contributed by atoms with Gasteiger partial charge in [-0.25, -0.2) is 0 Å². The second kappa shape index (κ2) is 149. The van der Waals surface area contributed by atoms with Crippen LogP contribution in [0.25, 0.3) is 0 Å². The molecule has 0 aliphatic carbocycles. The predicted octanol–water partition coefficient (Wildman–Crippen LogP) is -6.83. The van der Waals surface area contributed by atoms with E-state index in [-0.39, 0.29) is 228 Å². The molecule has 0 saturated heterocycles. The van der Waals surface area contributed by atoms with Crippen molar-refractivity contribution in [2.24, 2.45) is 0 Å². The van der Waals surface area contributed by atoms with Crippen molar-refractivity contribution in [2.75, 3.05) is 0 Å². The summed E-state index contributed by atoms with van der Waals surface area (Å²) in [6.07, 6.45) is 0. The van der Waals surface area contributed by atoms with Gasteiger partial charge in [0.2, 0.25) is 0 Å². The molecule has 0 fully saturated rings. The van der Waals surface area contributed by atoms with Gasteiger partial charge in [0.05, 0.1) is 0 Å². The van der Waals surface area contributed by atoms with Crippen molar-refractivity contribution >= 4 is 0 Å². The van der Waals surface area contributed by atoms with E-state index in [0.717, 1.165) is 0 Å². The van der Waals surface area contributed by atoms with Crippen LogP contribution in [0.15, 0.2) is 0 Å². The minimum atomic E-state index is 0. The van der Waals surface area contributed by atoms with E-state index in [9.17, 15) is 0 Å². The zero-order valence-electron chi connectivity index (χ0n) is 6.46. The van der Waals surface area contributed by atoms with Crippen molar-refractivity contribution in [1.82, 2.24) is 0 Å². The molecule has 0 spiro atoms. The molecule has 0 atom stereocenters. The third-order valence-electron chi connectivity index (χ3n) is 0. The molecular formula is Cu2K2O7Zr2. The number of hydrogen-bond acceptors (Lipinski definition) is 0. The molecule has 0 aromatic rings.